The van der Waals surface area contributed by atoms with Crippen LogP contribution in [0.3, 0.4) is 0 Å². The fraction of sp³-hybridized carbons (Fsp3) is 0.0870. The summed E-state index contributed by atoms with van der Waals surface area (Å²) in [6, 6.07) is 22.5. The highest BCUT2D eigenvalue weighted by molar-refractivity contribution is 9.10. The smallest absolute Gasteiger partial charge is 0.160 e. The van der Waals surface area contributed by atoms with Crippen LogP contribution in [0.5, 0.6) is 0 Å². The summed E-state index contributed by atoms with van der Waals surface area (Å²) in [6.45, 7) is 3.62. The van der Waals surface area contributed by atoms with Gasteiger partial charge in [0.1, 0.15) is 0 Å². The van der Waals surface area contributed by atoms with E-state index in [0.29, 0.717) is 0 Å². The fourth-order valence-corrected chi connectivity index (χ4v) is 3.41. The second-order valence-electron chi connectivity index (χ2n) is 6.07. The molecule has 0 saturated heterocycles. The Morgan fingerprint density at radius 1 is 0.880 bits per heavy atom. The Labute approximate surface area is 157 Å². The molecule has 0 aromatic heterocycles. The van der Waals surface area contributed by atoms with E-state index in [1.165, 1.54) is 0 Å². The van der Waals surface area contributed by atoms with Crippen LogP contribution in [0.4, 0.5) is 0 Å². The van der Waals surface area contributed by atoms with Crippen molar-refractivity contribution >= 4 is 33.9 Å². The highest BCUT2D eigenvalue weighted by Gasteiger charge is 2.12. The van der Waals surface area contributed by atoms with E-state index in [2.05, 4.69) is 52.3 Å². The third-order valence-corrected chi connectivity index (χ3v) is 4.62. The zero-order valence-corrected chi connectivity index (χ0v) is 15.9. The summed E-state index contributed by atoms with van der Waals surface area (Å²) in [5.41, 5.74) is 6.08. The second kappa shape index (κ2) is 7.62. The predicted octanol–water partition coefficient (Wildman–Crippen LogP) is 6.80. The van der Waals surface area contributed by atoms with E-state index < -0.39 is 0 Å². The summed E-state index contributed by atoms with van der Waals surface area (Å²) in [6.07, 6.45) is 4.08. The van der Waals surface area contributed by atoms with Crippen molar-refractivity contribution in [2.75, 3.05) is 0 Å². The van der Waals surface area contributed by atoms with Crippen molar-refractivity contribution in [3.8, 4) is 11.1 Å². The molecular weight excluding hydrogens is 372 g/mol. The highest BCUT2D eigenvalue weighted by Crippen LogP contribution is 2.29. The molecule has 0 saturated carbocycles. The minimum absolute atomic E-state index is 0.0889. The SMILES string of the molecule is CC(=O)c1c(C)cc(-c2cccc(Br)c2)cc1/C=C/c1ccccc1. The van der Waals surface area contributed by atoms with Crippen molar-refractivity contribution in [2.24, 2.45) is 0 Å². The van der Waals surface area contributed by atoms with Gasteiger partial charge in [-0.2, -0.15) is 0 Å². The number of ketones is 1. The molecule has 1 nitrogen and oxygen atoms in total. The van der Waals surface area contributed by atoms with Crippen LogP contribution in [-0.2, 0) is 0 Å². The van der Waals surface area contributed by atoms with Gasteiger partial charge < -0.3 is 0 Å². The maximum absolute atomic E-state index is 12.2. The Bertz CT molecular complexity index is 940. The summed E-state index contributed by atoms with van der Waals surface area (Å²) >= 11 is 3.53. The van der Waals surface area contributed by atoms with Gasteiger partial charge in [0.05, 0.1) is 0 Å². The Hall–Kier alpha value is -2.45. The van der Waals surface area contributed by atoms with Gasteiger partial charge in [-0.1, -0.05) is 76.6 Å². The van der Waals surface area contributed by atoms with Gasteiger partial charge >= 0.3 is 0 Å². The van der Waals surface area contributed by atoms with Crippen LogP contribution in [0.25, 0.3) is 23.3 Å². The standard InChI is InChI=1S/C23H19BrO/c1-16-13-21(19-9-6-10-22(24)15-19)14-20(23(16)17(2)25)12-11-18-7-4-3-5-8-18/h3-15H,1-2H3/b12-11+. The lowest BCUT2D eigenvalue weighted by atomic mass is 9.92. The van der Waals surface area contributed by atoms with E-state index in [4.69, 9.17) is 0 Å². The third kappa shape index (κ3) is 4.15. The van der Waals surface area contributed by atoms with Gasteiger partial charge in [0.2, 0.25) is 0 Å². The summed E-state index contributed by atoms with van der Waals surface area (Å²) in [5, 5.41) is 0. The first-order valence-corrected chi connectivity index (χ1v) is 8.98. The summed E-state index contributed by atoms with van der Waals surface area (Å²) in [4.78, 5) is 12.2. The molecular formula is C23H19BrO. The molecule has 0 amide bonds. The van der Waals surface area contributed by atoms with Crippen LogP contribution in [-0.4, -0.2) is 5.78 Å². The Morgan fingerprint density at radius 2 is 1.64 bits per heavy atom. The molecule has 0 N–H and O–H groups in total. The molecule has 0 heterocycles. The normalized spacial score (nSPS) is 11.0. The largest absolute Gasteiger partial charge is 0.294 e. The molecule has 3 aromatic rings. The van der Waals surface area contributed by atoms with Crippen LogP contribution >= 0.6 is 15.9 Å². The Balaban J connectivity index is 2.11. The molecule has 0 spiro atoms. The predicted molar refractivity (Wildman–Crippen MR) is 110 cm³/mol. The van der Waals surface area contributed by atoms with Gasteiger partial charge in [0, 0.05) is 10.0 Å². The van der Waals surface area contributed by atoms with Gasteiger partial charge in [-0.25, -0.2) is 0 Å². The Kier molecular flexibility index (Phi) is 5.30. The van der Waals surface area contributed by atoms with Gasteiger partial charge in [-0.05, 0) is 59.9 Å². The maximum atomic E-state index is 12.2. The molecule has 3 aromatic carbocycles. The van der Waals surface area contributed by atoms with Crippen molar-refractivity contribution in [1.82, 2.24) is 0 Å². The molecule has 0 atom stereocenters. The highest BCUT2D eigenvalue weighted by atomic mass is 79.9. The van der Waals surface area contributed by atoms with E-state index in [-0.39, 0.29) is 5.78 Å². The molecule has 2 heteroatoms. The topological polar surface area (TPSA) is 17.1 Å². The van der Waals surface area contributed by atoms with Crippen LogP contribution in [0.1, 0.15) is 34.0 Å². The summed E-state index contributed by atoms with van der Waals surface area (Å²) in [5.74, 6) is 0.0889. The van der Waals surface area contributed by atoms with Gasteiger partial charge in [-0.15, -0.1) is 0 Å². The zero-order chi connectivity index (χ0) is 17.8. The number of hydrogen-bond donors (Lipinski definition) is 0. The Morgan fingerprint density at radius 3 is 2.32 bits per heavy atom. The number of carbonyl (C=O) groups is 1. The van der Waals surface area contributed by atoms with Gasteiger partial charge in [-0.3, -0.25) is 4.79 Å². The van der Waals surface area contributed by atoms with E-state index in [1.54, 1.807) is 6.92 Å². The van der Waals surface area contributed by atoms with E-state index >= 15 is 0 Å². The van der Waals surface area contributed by atoms with Crippen molar-refractivity contribution < 1.29 is 4.79 Å². The van der Waals surface area contributed by atoms with Gasteiger partial charge in [0.15, 0.2) is 5.78 Å². The first-order chi connectivity index (χ1) is 12.0. The molecule has 0 aliphatic rings. The molecule has 0 aliphatic heterocycles. The minimum Gasteiger partial charge on any atom is -0.294 e. The molecule has 25 heavy (non-hydrogen) atoms. The number of Topliss-reactive ketones (excluding diaryl/α,β-unsaturated/α-hetero) is 1. The maximum Gasteiger partial charge on any atom is 0.160 e. The van der Waals surface area contributed by atoms with Crippen LogP contribution in [0.2, 0.25) is 0 Å². The van der Waals surface area contributed by atoms with E-state index in [1.807, 2.05) is 49.4 Å². The molecule has 3 rings (SSSR count). The molecule has 0 aliphatic carbocycles. The number of aryl methyl sites for hydroxylation is 1. The van der Waals surface area contributed by atoms with E-state index in [9.17, 15) is 4.79 Å². The first kappa shape index (κ1) is 17.4. The number of benzene rings is 3. The van der Waals surface area contributed by atoms with Gasteiger partial charge in [0.25, 0.3) is 0 Å². The quantitative estimate of drug-likeness (QED) is 0.353. The lowest BCUT2D eigenvalue weighted by Crippen LogP contribution is -2.00. The molecule has 124 valence electrons. The van der Waals surface area contributed by atoms with Crippen LogP contribution < -0.4 is 0 Å². The molecule has 0 radical (unpaired) electrons. The second-order valence-corrected chi connectivity index (χ2v) is 6.98. The molecule has 0 unspecified atom stereocenters. The minimum atomic E-state index is 0.0889. The summed E-state index contributed by atoms with van der Waals surface area (Å²) < 4.78 is 1.04. The molecule has 0 bridgehead atoms. The van der Waals surface area contributed by atoms with Crippen LogP contribution in [0.15, 0.2) is 71.2 Å². The number of halogens is 1. The molecule has 0 fully saturated rings. The first-order valence-electron chi connectivity index (χ1n) is 8.19. The zero-order valence-electron chi connectivity index (χ0n) is 14.3. The number of rotatable bonds is 4. The third-order valence-electron chi connectivity index (χ3n) is 4.13. The monoisotopic (exact) mass is 390 g/mol. The van der Waals surface area contributed by atoms with Crippen LogP contribution in [0, 0.1) is 6.92 Å². The van der Waals surface area contributed by atoms with Crippen molar-refractivity contribution in [3.05, 3.63) is 93.5 Å². The van der Waals surface area contributed by atoms with Crippen molar-refractivity contribution in [2.45, 2.75) is 13.8 Å². The van der Waals surface area contributed by atoms with E-state index in [0.717, 1.165) is 37.9 Å². The van der Waals surface area contributed by atoms with Crippen molar-refractivity contribution in [3.63, 3.8) is 0 Å². The average molecular weight is 391 g/mol. The average Bonchev–Trinajstić information content (AvgIpc) is 2.60. The number of hydrogen-bond acceptors (Lipinski definition) is 1. The summed E-state index contributed by atoms with van der Waals surface area (Å²) in [7, 11) is 0. The number of carbonyl (C=O) groups excluding carboxylic acids is 1. The lowest BCUT2D eigenvalue weighted by molar-refractivity contribution is 0.101. The lowest BCUT2D eigenvalue weighted by Gasteiger charge is -2.11. The fourth-order valence-electron chi connectivity index (χ4n) is 3.01. The van der Waals surface area contributed by atoms with Crippen molar-refractivity contribution in [1.29, 1.82) is 0 Å².